The van der Waals surface area contributed by atoms with E-state index in [4.69, 9.17) is 4.74 Å². The molecule has 8 unspecified atom stereocenters. The lowest BCUT2D eigenvalue weighted by molar-refractivity contribution is -0.208. The largest absolute Gasteiger partial charge is 0.388 e. The van der Waals surface area contributed by atoms with Crippen molar-refractivity contribution >= 4 is 17.7 Å². The molecule has 2 saturated heterocycles. The summed E-state index contributed by atoms with van der Waals surface area (Å²) in [4.78, 5) is 12.8. The predicted octanol–water partition coefficient (Wildman–Crippen LogP) is 0.0760. The first-order chi connectivity index (χ1) is 12.3. The summed E-state index contributed by atoms with van der Waals surface area (Å²) in [5.74, 6) is 0.437. The maximum absolute atomic E-state index is 12.8. The van der Waals surface area contributed by atoms with Gasteiger partial charge in [-0.05, 0) is 37.5 Å². The number of hydrogen-bond acceptors (Lipinski definition) is 7. The summed E-state index contributed by atoms with van der Waals surface area (Å²) in [6.07, 6.45) is 0.210. The number of piperidine rings is 1. The molecule has 2 rings (SSSR count). The Morgan fingerprint density at radius 2 is 1.96 bits per heavy atom. The maximum atomic E-state index is 12.8. The molecule has 8 atom stereocenters. The SMILES string of the molecule is CCC1CCNC(C(=O)NC(C(C)C)C2OC(SC)C(O)C(O)C2O)C1. The van der Waals surface area contributed by atoms with Crippen molar-refractivity contribution in [1.29, 1.82) is 0 Å². The number of aliphatic hydroxyl groups is 3. The summed E-state index contributed by atoms with van der Waals surface area (Å²) in [7, 11) is 0. The van der Waals surface area contributed by atoms with Gasteiger partial charge in [-0.3, -0.25) is 4.79 Å². The second kappa shape index (κ2) is 9.71. The van der Waals surface area contributed by atoms with Crippen molar-refractivity contribution in [3.8, 4) is 0 Å². The normalized spacial score (nSPS) is 39.6. The van der Waals surface area contributed by atoms with Gasteiger partial charge in [0.2, 0.25) is 5.91 Å². The number of aliphatic hydroxyl groups excluding tert-OH is 3. The lowest BCUT2D eigenvalue weighted by atomic mass is 9.87. The third kappa shape index (κ3) is 4.91. The van der Waals surface area contributed by atoms with Crippen LogP contribution in [0.25, 0.3) is 0 Å². The molecule has 152 valence electrons. The molecule has 0 aromatic rings. The molecule has 0 bridgehead atoms. The highest BCUT2D eigenvalue weighted by Gasteiger charge is 2.47. The van der Waals surface area contributed by atoms with Crippen LogP contribution in [0.4, 0.5) is 0 Å². The molecule has 2 aliphatic rings. The van der Waals surface area contributed by atoms with E-state index in [1.807, 2.05) is 13.8 Å². The minimum absolute atomic E-state index is 0.00545. The van der Waals surface area contributed by atoms with Crippen LogP contribution >= 0.6 is 11.8 Å². The molecule has 8 heteroatoms. The van der Waals surface area contributed by atoms with Gasteiger partial charge in [0.25, 0.3) is 0 Å². The Labute approximate surface area is 160 Å². The topological polar surface area (TPSA) is 111 Å². The Morgan fingerprint density at radius 1 is 1.27 bits per heavy atom. The lowest BCUT2D eigenvalue weighted by Gasteiger charge is -2.44. The highest BCUT2D eigenvalue weighted by Crippen LogP contribution is 2.30. The van der Waals surface area contributed by atoms with Gasteiger partial charge < -0.3 is 30.7 Å². The summed E-state index contributed by atoms with van der Waals surface area (Å²) in [6.45, 7) is 6.85. The minimum atomic E-state index is -1.30. The predicted molar refractivity (Wildman–Crippen MR) is 102 cm³/mol. The maximum Gasteiger partial charge on any atom is 0.237 e. The van der Waals surface area contributed by atoms with Crippen LogP contribution in [0.3, 0.4) is 0 Å². The standard InChI is InChI=1S/C18H34N2O5S/c1-5-10-6-7-19-11(8-10)17(24)20-12(9(2)3)16-14(22)13(21)15(23)18(25-16)26-4/h9-16,18-19,21-23H,5-8H2,1-4H3,(H,20,24). The molecule has 26 heavy (non-hydrogen) atoms. The van der Waals surface area contributed by atoms with Crippen LogP contribution < -0.4 is 10.6 Å². The second-order valence-electron chi connectivity index (χ2n) is 7.76. The van der Waals surface area contributed by atoms with Crippen molar-refractivity contribution in [2.45, 2.75) is 82.0 Å². The van der Waals surface area contributed by atoms with E-state index in [-0.39, 0.29) is 17.9 Å². The molecule has 0 aliphatic carbocycles. The Morgan fingerprint density at radius 3 is 2.54 bits per heavy atom. The average Bonchev–Trinajstić information content (AvgIpc) is 2.64. The van der Waals surface area contributed by atoms with Crippen molar-refractivity contribution in [3.63, 3.8) is 0 Å². The van der Waals surface area contributed by atoms with E-state index in [0.717, 1.165) is 25.8 Å². The highest BCUT2D eigenvalue weighted by molar-refractivity contribution is 7.99. The molecule has 0 radical (unpaired) electrons. The highest BCUT2D eigenvalue weighted by atomic mass is 32.2. The third-order valence-corrected chi connectivity index (χ3v) is 6.48. The second-order valence-corrected chi connectivity index (χ2v) is 8.70. The summed E-state index contributed by atoms with van der Waals surface area (Å²) in [5, 5.41) is 36.9. The zero-order valence-electron chi connectivity index (χ0n) is 16.1. The summed E-state index contributed by atoms with van der Waals surface area (Å²) < 4.78 is 5.85. The molecule has 0 saturated carbocycles. The molecule has 2 fully saturated rings. The van der Waals surface area contributed by atoms with Crippen molar-refractivity contribution < 1.29 is 24.9 Å². The summed E-state index contributed by atoms with van der Waals surface area (Å²) in [6, 6.07) is -0.708. The van der Waals surface area contributed by atoms with Crippen molar-refractivity contribution in [3.05, 3.63) is 0 Å². The van der Waals surface area contributed by atoms with Gasteiger partial charge in [0, 0.05) is 0 Å². The van der Waals surface area contributed by atoms with Crippen LogP contribution in [0.2, 0.25) is 0 Å². The van der Waals surface area contributed by atoms with Gasteiger partial charge in [0.05, 0.1) is 12.1 Å². The van der Waals surface area contributed by atoms with E-state index in [0.29, 0.717) is 5.92 Å². The lowest BCUT2D eigenvalue weighted by Crippen LogP contribution is -2.65. The van der Waals surface area contributed by atoms with E-state index in [9.17, 15) is 20.1 Å². The van der Waals surface area contributed by atoms with Gasteiger partial charge >= 0.3 is 0 Å². The number of ether oxygens (including phenoxy) is 1. The van der Waals surface area contributed by atoms with E-state index in [1.54, 1.807) is 6.26 Å². The Kier molecular flexibility index (Phi) is 8.18. The Balaban J connectivity index is 2.09. The number of carbonyl (C=O) groups excluding carboxylic acids is 1. The molecular weight excluding hydrogens is 356 g/mol. The molecule has 5 N–H and O–H groups in total. The fourth-order valence-corrected chi connectivity index (χ4v) is 4.50. The number of nitrogens with one attached hydrogen (secondary N) is 2. The van der Waals surface area contributed by atoms with Crippen LogP contribution in [0.15, 0.2) is 0 Å². The Hall–Kier alpha value is -0.380. The van der Waals surface area contributed by atoms with E-state index >= 15 is 0 Å². The zero-order valence-corrected chi connectivity index (χ0v) is 16.9. The van der Waals surface area contributed by atoms with Crippen LogP contribution in [0.5, 0.6) is 0 Å². The molecule has 1 amide bonds. The van der Waals surface area contributed by atoms with E-state index in [2.05, 4.69) is 17.6 Å². The fraction of sp³-hybridized carbons (Fsp3) is 0.944. The molecule has 2 aliphatic heterocycles. The summed E-state index contributed by atoms with van der Waals surface area (Å²) in [5.41, 5.74) is -0.645. The first kappa shape index (κ1) is 21.9. The molecule has 0 spiro atoms. The van der Waals surface area contributed by atoms with Gasteiger partial charge in [-0.15, -0.1) is 11.8 Å². The fourth-order valence-electron chi connectivity index (χ4n) is 3.83. The molecule has 7 nitrogen and oxygen atoms in total. The van der Waals surface area contributed by atoms with E-state index in [1.165, 1.54) is 11.8 Å². The van der Waals surface area contributed by atoms with Crippen LogP contribution in [-0.2, 0) is 9.53 Å². The van der Waals surface area contributed by atoms with Crippen molar-refractivity contribution in [1.82, 2.24) is 10.6 Å². The number of carbonyl (C=O) groups is 1. The quantitative estimate of drug-likeness (QED) is 0.437. The van der Waals surface area contributed by atoms with Crippen molar-refractivity contribution in [2.24, 2.45) is 11.8 Å². The minimum Gasteiger partial charge on any atom is -0.388 e. The molecule has 0 aromatic heterocycles. The molecule has 0 aromatic carbocycles. The number of hydrogen-bond donors (Lipinski definition) is 5. The molecular formula is C18H34N2O5S. The van der Waals surface area contributed by atoms with Gasteiger partial charge in [-0.1, -0.05) is 27.2 Å². The molecule has 2 heterocycles. The smallest absolute Gasteiger partial charge is 0.237 e. The zero-order chi connectivity index (χ0) is 19.4. The third-order valence-electron chi connectivity index (χ3n) is 5.63. The number of thioether (sulfide) groups is 1. The van der Waals surface area contributed by atoms with E-state index < -0.39 is 35.9 Å². The van der Waals surface area contributed by atoms with Gasteiger partial charge in [-0.25, -0.2) is 0 Å². The average molecular weight is 391 g/mol. The van der Waals surface area contributed by atoms with Gasteiger partial charge in [0.1, 0.15) is 29.9 Å². The Bertz CT molecular complexity index is 465. The first-order valence-corrected chi connectivity index (χ1v) is 10.8. The van der Waals surface area contributed by atoms with Gasteiger partial charge in [-0.2, -0.15) is 0 Å². The number of amides is 1. The number of rotatable bonds is 6. The monoisotopic (exact) mass is 390 g/mol. The summed E-state index contributed by atoms with van der Waals surface area (Å²) >= 11 is 1.27. The van der Waals surface area contributed by atoms with Gasteiger partial charge in [0.15, 0.2) is 0 Å². The van der Waals surface area contributed by atoms with Crippen LogP contribution in [0.1, 0.15) is 40.0 Å². The first-order valence-electron chi connectivity index (χ1n) is 9.56. The van der Waals surface area contributed by atoms with Crippen LogP contribution in [-0.4, -0.2) is 76.0 Å². The van der Waals surface area contributed by atoms with Crippen LogP contribution in [0, 0.1) is 11.8 Å². The van der Waals surface area contributed by atoms with Crippen molar-refractivity contribution in [2.75, 3.05) is 12.8 Å².